The first-order valence-corrected chi connectivity index (χ1v) is 5.30. The molecule has 0 aromatic rings. The van der Waals surface area contributed by atoms with Crippen molar-refractivity contribution in [3.63, 3.8) is 0 Å². The Morgan fingerprint density at radius 3 is 2.36 bits per heavy atom. The fourth-order valence-corrected chi connectivity index (χ4v) is 1.26. The summed E-state index contributed by atoms with van der Waals surface area (Å²) >= 11 is 0. The SMILES string of the molecule is CCCCN/C(C)=C(/CCC)C(=O)O. The van der Waals surface area contributed by atoms with Gasteiger partial charge in [0.2, 0.25) is 0 Å². The van der Waals surface area contributed by atoms with Crippen LogP contribution >= 0.6 is 0 Å². The summed E-state index contributed by atoms with van der Waals surface area (Å²) in [7, 11) is 0. The molecule has 0 radical (unpaired) electrons. The highest BCUT2D eigenvalue weighted by atomic mass is 16.4. The van der Waals surface area contributed by atoms with Gasteiger partial charge in [0.1, 0.15) is 0 Å². The molecule has 0 aliphatic heterocycles. The molecule has 3 nitrogen and oxygen atoms in total. The largest absolute Gasteiger partial charge is 0.478 e. The zero-order valence-electron chi connectivity index (χ0n) is 9.39. The van der Waals surface area contributed by atoms with Crippen molar-refractivity contribution >= 4 is 5.97 Å². The van der Waals surface area contributed by atoms with Crippen LogP contribution in [-0.4, -0.2) is 17.6 Å². The van der Waals surface area contributed by atoms with Gasteiger partial charge in [-0.3, -0.25) is 0 Å². The van der Waals surface area contributed by atoms with Crippen molar-refractivity contribution in [3.8, 4) is 0 Å². The molecule has 2 N–H and O–H groups in total. The van der Waals surface area contributed by atoms with E-state index in [1.165, 1.54) is 0 Å². The number of carboxylic acid groups (broad SMARTS) is 1. The molecule has 0 saturated carbocycles. The van der Waals surface area contributed by atoms with E-state index in [2.05, 4.69) is 12.2 Å². The van der Waals surface area contributed by atoms with Crippen molar-refractivity contribution in [1.82, 2.24) is 5.32 Å². The van der Waals surface area contributed by atoms with E-state index in [0.717, 1.165) is 31.5 Å². The molecule has 82 valence electrons. The number of unbranched alkanes of at least 4 members (excludes halogenated alkanes) is 1. The molecule has 0 aliphatic rings. The summed E-state index contributed by atoms with van der Waals surface area (Å²) in [5, 5.41) is 12.1. The van der Waals surface area contributed by atoms with Crippen LogP contribution in [0.4, 0.5) is 0 Å². The molecule has 0 aromatic carbocycles. The normalized spacial score (nSPS) is 12.2. The van der Waals surface area contributed by atoms with E-state index in [0.29, 0.717) is 12.0 Å². The average molecular weight is 199 g/mol. The lowest BCUT2D eigenvalue weighted by atomic mass is 10.1. The molecule has 0 unspecified atom stereocenters. The fraction of sp³-hybridized carbons (Fsp3) is 0.727. The minimum Gasteiger partial charge on any atom is -0.478 e. The monoisotopic (exact) mass is 199 g/mol. The Bertz CT molecular complexity index is 209. The van der Waals surface area contributed by atoms with E-state index in [-0.39, 0.29) is 0 Å². The number of carboxylic acids is 1. The van der Waals surface area contributed by atoms with Gasteiger partial charge in [0.15, 0.2) is 0 Å². The number of nitrogens with one attached hydrogen (secondary N) is 1. The Morgan fingerprint density at radius 1 is 1.29 bits per heavy atom. The van der Waals surface area contributed by atoms with Gasteiger partial charge in [-0.05, 0) is 19.8 Å². The summed E-state index contributed by atoms with van der Waals surface area (Å²) in [5.41, 5.74) is 1.33. The van der Waals surface area contributed by atoms with Gasteiger partial charge in [-0.1, -0.05) is 26.7 Å². The Kier molecular flexibility index (Phi) is 6.89. The van der Waals surface area contributed by atoms with E-state index in [4.69, 9.17) is 5.11 Å². The lowest BCUT2D eigenvalue weighted by Crippen LogP contribution is -2.17. The highest BCUT2D eigenvalue weighted by Gasteiger charge is 2.09. The van der Waals surface area contributed by atoms with E-state index >= 15 is 0 Å². The molecule has 0 rings (SSSR count). The van der Waals surface area contributed by atoms with Crippen LogP contribution < -0.4 is 5.32 Å². The molecule has 0 saturated heterocycles. The molecule has 0 aromatic heterocycles. The average Bonchev–Trinajstić information content (AvgIpc) is 2.13. The molecule has 0 amide bonds. The molecule has 3 heteroatoms. The van der Waals surface area contributed by atoms with Gasteiger partial charge in [0.25, 0.3) is 0 Å². The zero-order chi connectivity index (χ0) is 11.0. The van der Waals surface area contributed by atoms with Crippen LogP contribution in [-0.2, 0) is 4.79 Å². The first-order valence-electron chi connectivity index (χ1n) is 5.30. The molecular weight excluding hydrogens is 178 g/mol. The van der Waals surface area contributed by atoms with Gasteiger partial charge >= 0.3 is 5.97 Å². The van der Waals surface area contributed by atoms with E-state index in [1.807, 2.05) is 13.8 Å². The molecule has 0 spiro atoms. The maximum absolute atomic E-state index is 10.9. The minimum absolute atomic E-state index is 0.517. The van der Waals surface area contributed by atoms with Crippen LogP contribution in [0.3, 0.4) is 0 Å². The third-order valence-electron chi connectivity index (χ3n) is 2.13. The number of hydrogen-bond donors (Lipinski definition) is 2. The number of rotatable bonds is 7. The second-order valence-corrected chi connectivity index (χ2v) is 3.44. The lowest BCUT2D eigenvalue weighted by molar-refractivity contribution is -0.132. The predicted molar refractivity (Wildman–Crippen MR) is 58.2 cm³/mol. The third kappa shape index (κ3) is 4.90. The van der Waals surface area contributed by atoms with Crippen molar-refractivity contribution in [3.05, 3.63) is 11.3 Å². The highest BCUT2D eigenvalue weighted by Crippen LogP contribution is 2.09. The number of carbonyl (C=O) groups is 1. The van der Waals surface area contributed by atoms with Gasteiger partial charge in [-0.15, -0.1) is 0 Å². The molecule has 0 heterocycles. The Morgan fingerprint density at radius 2 is 1.93 bits per heavy atom. The summed E-state index contributed by atoms with van der Waals surface area (Å²) < 4.78 is 0. The van der Waals surface area contributed by atoms with Crippen molar-refractivity contribution in [2.45, 2.75) is 46.5 Å². The second kappa shape index (κ2) is 7.42. The number of aliphatic carboxylic acids is 1. The summed E-state index contributed by atoms with van der Waals surface area (Å²) in [6, 6.07) is 0. The lowest BCUT2D eigenvalue weighted by Gasteiger charge is -2.09. The predicted octanol–water partition coefficient (Wildman–Crippen LogP) is 2.53. The number of hydrogen-bond acceptors (Lipinski definition) is 2. The standard InChI is InChI=1S/C11H21NO2/c1-4-6-8-12-9(3)10(7-5-2)11(13)14/h12H,4-8H2,1-3H3,(H,13,14)/b10-9-. The quantitative estimate of drug-likeness (QED) is 0.489. The molecular formula is C11H21NO2. The summed E-state index contributed by atoms with van der Waals surface area (Å²) in [5.74, 6) is -0.798. The first kappa shape index (κ1) is 13.0. The van der Waals surface area contributed by atoms with Gasteiger partial charge in [0, 0.05) is 12.2 Å². The maximum Gasteiger partial charge on any atom is 0.333 e. The van der Waals surface area contributed by atoms with Crippen molar-refractivity contribution in [1.29, 1.82) is 0 Å². The highest BCUT2D eigenvalue weighted by molar-refractivity contribution is 5.87. The Labute approximate surface area is 86.2 Å². The number of allylic oxidation sites excluding steroid dienone is 1. The van der Waals surface area contributed by atoms with Gasteiger partial charge in [0.05, 0.1) is 5.57 Å². The molecule has 0 fully saturated rings. The van der Waals surface area contributed by atoms with Crippen molar-refractivity contribution < 1.29 is 9.90 Å². The molecule has 14 heavy (non-hydrogen) atoms. The van der Waals surface area contributed by atoms with Crippen LogP contribution in [0.5, 0.6) is 0 Å². The second-order valence-electron chi connectivity index (χ2n) is 3.44. The third-order valence-corrected chi connectivity index (χ3v) is 2.13. The van der Waals surface area contributed by atoms with Crippen LogP contribution in [0.25, 0.3) is 0 Å². The van der Waals surface area contributed by atoms with E-state index in [9.17, 15) is 4.79 Å². The van der Waals surface area contributed by atoms with Crippen molar-refractivity contribution in [2.75, 3.05) is 6.54 Å². The van der Waals surface area contributed by atoms with Crippen LogP contribution in [0.15, 0.2) is 11.3 Å². The summed E-state index contributed by atoms with van der Waals surface area (Å²) in [6.07, 6.45) is 3.71. The smallest absolute Gasteiger partial charge is 0.333 e. The molecule has 0 atom stereocenters. The van der Waals surface area contributed by atoms with Crippen LogP contribution in [0.2, 0.25) is 0 Å². The van der Waals surface area contributed by atoms with Crippen LogP contribution in [0, 0.1) is 0 Å². The Balaban J connectivity index is 4.24. The zero-order valence-corrected chi connectivity index (χ0v) is 9.39. The van der Waals surface area contributed by atoms with E-state index in [1.54, 1.807) is 0 Å². The molecule has 0 aliphatic carbocycles. The first-order chi connectivity index (χ1) is 6.63. The molecule has 0 bridgehead atoms. The van der Waals surface area contributed by atoms with Gasteiger partial charge < -0.3 is 10.4 Å². The van der Waals surface area contributed by atoms with Crippen LogP contribution in [0.1, 0.15) is 46.5 Å². The van der Waals surface area contributed by atoms with E-state index < -0.39 is 5.97 Å². The summed E-state index contributed by atoms with van der Waals surface area (Å²) in [4.78, 5) is 10.9. The summed E-state index contributed by atoms with van der Waals surface area (Å²) in [6.45, 7) is 6.81. The fourth-order valence-electron chi connectivity index (χ4n) is 1.26. The minimum atomic E-state index is -0.798. The van der Waals surface area contributed by atoms with Crippen molar-refractivity contribution in [2.24, 2.45) is 0 Å². The Hall–Kier alpha value is -0.990. The maximum atomic E-state index is 10.9. The van der Waals surface area contributed by atoms with Gasteiger partial charge in [-0.25, -0.2) is 4.79 Å². The topological polar surface area (TPSA) is 49.3 Å². The van der Waals surface area contributed by atoms with Gasteiger partial charge in [-0.2, -0.15) is 0 Å².